The first-order valence-corrected chi connectivity index (χ1v) is 6.15. The first-order valence-electron chi connectivity index (χ1n) is 6.15. The Morgan fingerprint density at radius 1 is 1.29 bits per heavy atom. The maximum Gasteiger partial charge on any atom is 0.326 e. The molecule has 21 heavy (non-hydrogen) atoms. The molecule has 8 heteroatoms. The van der Waals surface area contributed by atoms with E-state index in [4.69, 9.17) is 19.7 Å². The summed E-state index contributed by atoms with van der Waals surface area (Å²) in [5.74, 6) is -0.312. The number of hydrogen-bond acceptors (Lipinski definition) is 5. The van der Waals surface area contributed by atoms with Crippen molar-refractivity contribution in [2.45, 2.75) is 12.5 Å². The van der Waals surface area contributed by atoms with E-state index in [1.54, 1.807) is 18.2 Å². The predicted octanol–water partition coefficient (Wildman–Crippen LogP) is 0.661. The molecule has 0 aliphatic heterocycles. The highest BCUT2D eigenvalue weighted by Crippen LogP contribution is 2.28. The zero-order valence-electron chi connectivity index (χ0n) is 11.8. The number of methoxy groups -OCH3 is 2. The van der Waals surface area contributed by atoms with Crippen molar-refractivity contribution in [1.29, 1.82) is 0 Å². The van der Waals surface area contributed by atoms with Crippen LogP contribution in [0, 0.1) is 0 Å². The molecule has 0 bridgehead atoms. The van der Waals surface area contributed by atoms with Gasteiger partial charge >= 0.3 is 12.0 Å². The van der Waals surface area contributed by atoms with Gasteiger partial charge in [-0.1, -0.05) is 0 Å². The fourth-order valence-electron chi connectivity index (χ4n) is 1.61. The minimum Gasteiger partial charge on any atom is -0.497 e. The molecule has 0 saturated heterocycles. The SMILES string of the molecule is COc1ccc(OC)c(NC(=O)NC(CCO)C(=O)O)c1. The molecule has 0 saturated carbocycles. The van der Waals surface area contributed by atoms with E-state index in [-0.39, 0.29) is 13.0 Å². The van der Waals surface area contributed by atoms with E-state index in [9.17, 15) is 9.59 Å². The maximum atomic E-state index is 11.8. The van der Waals surface area contributed by atoms with Gasteiger partial charge in [-0.15, -0.1) is 0 Å². The molecule has 4 N–H and O–H groups in total. The Hall–Kier alpha value is -2.48. The number of rotatable bonds is 7. The fourth-order valence-corrected chi connectivity index (χ4v) is 1.61. The number of amides is 2. The largest absolute Gasteiger partial charge is 0.497 e. The Morgan fingerprint density at radius 2 is 2.00 bits per heavy atom. The fraction of sp³-hybridized carbons (Fsp3) is 0.385. The van der Waals surface area contributed by atoms with Gasteiger partial charge in [0.25, 0.3) is 0 Å². The van der Waals surface area contributed by atoms with Gasteiger partial charge in [-0.2, -0.15) is 0 Å². The number of carbonyl (C=O) groups is 2. The van der Waals surface area contributed by atoms with Crippen LogP contribution in [0.4, 0.5) is 10.5 Å². The number of aliphatic hydroxyl groups excluding tert-OH is 1. The van der Waals surface area contributed by atoms with Crippen LogP contribution in [0.2, 0.25) is 0 Å². The Labute approximate surface area is 121 Å². The minimum absolute atomic E-state index is 0.0853. The summed E-state index contributed by atoms with van der Waals surface area (Å²) >= 11 is 0. The normalized spacial score (nSPS) is 11.4. The van der Waals surface area contributed by atoms with Crippen LogP contribution in [0.1, 0.15) is 6.42 Å². The third-order valence-electron chi connectivity index (χ3n) is 2.68. The zero-order chi connectivity index (χ0) is 15.8. The first-order chi connectivity index (χ1) is 10.0. The number of carbonyl (C=O) groups excluding carboxylic acids is 1. The van der Waals surface area contributed by atoms with Gasteiger partial charge in [-0.25, -0.2) is 9.59 Å². The van der Waals surface area contributed by atoms with Gasteiger partial charge in [-0.3, -0.25) is 0 Å². The Balaban J connectivity index is 2.79. The number of anilines is 1. The number of hydrogen-bond donors (Lipinski definition) is 4. The van der Waals surface area contributed by atoms with Gasteiger partial charge in [0.15, 0.2) is 0 Å². The summed E-state index contributed by atoms with van der Waals surface area (Å²) in [6.07, 6.45) is -0.0853. The Kier molecular flexibility index (Phi) is 6.28. The van der Waals surface area contributed by atoms with Crippen LogP contribution in [0.5, 0.6) is 11.5 Å². The Bertz CT molecular complexity index is 505. The zero-order valence-corrected chi connectivity index (χ0v) is 11.8. The van der Waals surface area contributed by atoms with Crippen molar-refractivity contribution in [2.24, 2.45) is 0 Å². The monoisotopic (exact) mass is 298 g/mol. The summed E-state index contributed by atoms with van der Waals surface area (Å²) in [5.41, 5.74) is 0.336. The average Bonchev–Trinajstić information content (AvgIpc) is 2.46. The lowest BCUT2D eigenvalue weighted by molar-refractivity contribution is -0.139. The van der Waals surface area contributed by atoms with E-state index in [1.165, 1.54) is 14.2 Å². The van der Waals surface area contributed by atoms with Gasteiger partial charge in [-0.05, 0) is 12.1 Å². The number of aliphatic carboxylic acids is 1. The second-order valence-corrected chi connectivity index (χ2v) is 4.07. The van der Waals surface area contributed by atoms with Crippen molar-refractivity contribution in [3.05, 3.63) is 18.2 Å². The highest BCUT2D eigenvalue weighted by molar-refractivity contribution is 5.93. The van der Waals surface area contributed by atoms with Crippen LogP contribution in [0.25, 0.3) is 0 Å². The summed E-state index contributed by atoms with van der Waals surface area (Å²) in [4.78, 5) is 22.7. The minimum atomic E-state index is -1.23. The van der Waals surface area contributed by atoms with Crippen LogP contribution in [0.15, 0.2) is 18.2 Å². The number of urea groups is 1. The van der Waals surface area contributed by atoms with E-state index >= 15 is 0 Å². The standard InChI is InChI=1S/C13H18N2O6/c1-20-8-3-4-11(21-2)10(7-8)15-13(19)14-9(5-6-16)12(17)18/h3-4,7,9,16H,5-6H2,1-2H3,(H,17,18)(H2,14,15,19). The number of carboxylic acids is 1. The number of ether oxygens (including phenoxy) is 2. The topological polar surface area (TPSA) is 117 Å². The van der Waals surface area contributed by atoms with Crippen molar-refractivity contribution in [3.63, 3.8) is 0 Å². The molecule has 1 aromatic carbocycles. The van der Waals surface area contributed by atoms with Gasteiger partial charge in [0.2, 0.25) is 0 Å². The van der Waals surface area contributed by atoms with Crippen LogP contribution in [0.3, 0.4) is 0 Å². The number of aliphatic hydroxyl groups is 1. The molecule has 2 amide bonds. The van der Waals surface area contributed by atoms with Crippen LogP contribution in [-0.2, 0) is 4.79 Å². The lowest BCUT2D eigenvalue weighted by Crippen LogP contribution is -2.43. The molecular weight excluding hydrogens is 280 g/mol. The third-order valence-corrected chi connectivity index (χ3v) is 2.68. The summed E-state index contributed by atoms with van der Waals surface area (Å²) in [6.45, 7) is -0.347. The molecule has 1 aromatic rings. The van der Waals surface area contributed by atoms with Gasteiger partial charge in [0.05, 0.1) is 19.9 Å². The van der Waals surface area contributed by atoms with Crippen molar-refractivity contribution < 1.29 is 29.3 Å². The second kappa shape index (κ2) is 7.95. The molecule has 1 atom stereocenters. The van der Waals surface area contributed by atoms with Crippen LogP contribution < -0.4 is 20.1 Å². The van der Waals surface area contributed by atoms with Gasteiger partial charge in [0.1, 0.15) is 17.5 Å². The van der Waals surface area contributed by atoms with Crippen molar-refractivity contribution in [3.8, 4) is 11.5 Å². The van der Waals surface area contributed by atoms with Crippen molar-refractivity contribution >= 4 is 17.7 Å². The highest BCUT2D eigenvalue weighted by atomic mass is 16.5. The van der Waals surface area contributed by atoms with Crippen LogP contribution in [-0.4, -0.2) is 49.1 Å². The molecule has 0 aromatic heterocycles. The molecule has 116 valence electrons. The molecule has 8 nitrogen and oxygen atoms in total. The molecule has 0 aliphatic rings. The summed E-state index contributed by atoms with van der Waals surface area (Å²) in [6, 6.07) is 2.92. The van der Waals surface area contributed by atoms with E-state index in [2.05, 4.69) is 10.6 Å². The lowest BCUT2D eigenvalue weighted by Gasteiger charge is -2.16. The lowest BCUT2D eigenvalue weighted by atomic mass is 10.2. The molecule has 0 heterocycles. The Morgan fingerprint density at radius 3 is 2.52 bits per heavy atom. The van der Waals surface area contributed by atoms with E-state index in [0.29, 0.717) is 17.2 Å². The molecule has 0 aliphatic carbocycles. The molecule has 0 radical (unpaired) electrons. The molecular formula is C13H18N2O6. The number of benzene rings is 1. The van der Waals surface area contributed by atoms with Gasteiger partial charge < -0.3 is 30.3 Å². The average molecular weight is 298 g/mol. The second-order valence-electron chi connectivity index (χ2n) is 4.07. The van der Waals surface area contributed by atoms with E-state index in [1.807, 2.05) is 0 Å². The maximum absolute atomic E-state index is 11.8. The number of nitrogens with one attached hydrogen (secondary N) is 2. The number of carboxylic acid groups (broad SMARTS) is 1. The van der Waals surface area contributed by atoms with E-state index in [0.717, 1.165) is 0 Å². The van der Waals surface area contributed by atoms with E-state index < -0.39 is 18.0 Å². The quantitative estimate of drug-likeness (QED) is 0.587. The van der Waals surface area contributed by atoms with Crippen LogP contribution >= 0.6 is 0 Å². The third kappa shape index (κ3) is 4.84. The molecule has 0 spiro atoms. The summed E-state index contributed by atoms with van der Waals surface area (Å²) in [5, 5.41) is 22.4. The van der Waals surface area contributed by atoms with Gasteiger partial charge in [0, 0.05) is 19.1 Å². The first kappa shape index (κ1) is 16.6. The summed E-state index contributed by atoms with van der Waals surface area (Å²) in [7, 11) is 2.92. The summed E-state index contributed by atoms with van der Waals surface area (Å²) < 4.78 is 10.1. The predicted molar refractivity (Wildman–Crippen MR) is 74.8 cm³/mol. The molecule has 1 unspecified atom stereocenters. The van der Waals surface area contributed by atoms with Crippen molar-refractivity contribution in [2.75, 3.05) is 26.1 Å². The molecule has 1 rings (SSSR count). The highest BCUT2D eigenvalue weighted by Gasteiger charge is 2.19. The smallest absolute Gasteiger partial charge is 0.326 e. The molecule has 0 fully saturated rings. The van der Waals surface area contributed by atoms with Crippen molar-refractivity contribution in [1.82, 2.24) is 5.32 Å².